The van der Waals surface area contributed by atoms with Gasteiger partial charge in [0.05, 0.1) is 6.10 Å². The minimum Gasteiger partial charge on any atom is -0.407 e. The van der Waals surface area contributed by atoms with Crippen molar-refractivity contribution in [2.75, 3.05) is 6.61 Å². The molecule has 0 spiro atoms. The topological polar surface area (TPSA) is 29.5 Å². The Hall–Kier alpha value is -1.68. The van der Waals surface area contributed by atoms with Crippen LogP contribution in [0, 0.1) is 0 Å². The lowest BCUT2D eigenvalue weighted by atomic mass is 10.2. The largest absolute Gasteiger partial charge is 0.407 e. The molecule has 0 amide bonds. The minimum absolute atomic E-state index is 0.0287. The Kier molecular flexibility index (Phi) is 6.76. The lowest BCUT2D eigenvalue weighted by Gasteiger charge is -2.43. The Morgan fingerprint density at radius 3 is 1.88 bits per heavy atom. The van der Waals surface area contributed by atoms with E-state index in [9.17, 15) is 5.11 Å². The third kappa shape index (κ3) is 4.49. The van der Waals surface area contributed by atoms with Crippen LogP contribution in [0.25, 0.3) is 0 Å². The quantitative estimate of drug-likeness (QED) is 0.576. The number of hydrogen-bond donors (Lipinski definition) is 1. The molecule has 0 aliphatic rings. The van der Waals surface area contributed by atoms with Gasteiger partial charge in [-0.3, -0.25) is 0 Å². The first-order valence-electron chi connectivity index (χ1n) is 8.96. The van der Waals surface area contributed by atoms with Crippen molar-refractivity contribution < 1.29 is 9.53 Å². The van der Waals surface area contributed by atoms with Crippen molar-refractivity contribution in [3.8, 4) is 0 Å². The smallest absolute Gasteiger partial charge is 0.261 e. The Morgan fingerprint density at radius 2 is 1.48 bits per heavy atom. The van der Waals surface area contributed by atoms with Crippen molar-refractivity contribution in [1.82, 2.24) is 0 Å². The van der Waals surface area contributed by atoms with Crippen molar-refractivity contribution in [2.24, 2.45) is 0 Å². The molecule has 2 nitrogen and oxygen atoms in total. The third-order valence-corrected chi connectivity index (χ3v) is 9.67. The Bertz CT molecular complexity index is 607. The summed E-state index contributed by atoms with van der Waals surface area (Å²) in [6, 6.07) is 21.2. The monoisotopic (exact) mass is 354 g/mol. The molecule has 0 bridgehead atoms. The summed E-state index contributed by atoms with van der Waals surface area (Å²) >= 11 is 0. The second-order valence-electron chi connectivity index (χ2n) is 7.48. The lowest BCUT2D eigenvalue weighted by Crippen LogP contribution is -2.66. The summed E-state index contributed by atoms with van der Waals surface area (Å²) in [4.78, 5) is 0. The molecular formula is C22H30O2Si. The van der Waals surface area contributed by atoms with Gasteiger partial charge in [-0.2, -0.15) is 0 Å². The number of hydrogen-bond acceptors (Lipinski definition) is 2. The molecule has 0 aliphatic carbocycles. The molecule has 2 aromatic rings. The molecule has 1 atom stereocenters. The van der Waals surface area contributed by atoms with E-state index in [1.54, 1.807) is 6.08 Å². The number of benzene rings is 2. The fraction of sp³-hybridized carbons (Fsp3) is 0.364. The van der Waals surface area contributed by atoms with Gasteiger partial charge in [0.15, 0.2) is 0 Å². The first-order valence-corrected chi connectivity index (χ1v) is 10.9. The fourth-order valence-electron chi connectivity index (χ4n) is 3.42. The zero-order chi connectivity index (χ0) is 18.3. The van der Waals surface area contributed by atoms with E-state index in [0.717, 1.165) is 0 Å². The van der Waals surface area contributed by atoms with E-state index in [1.165, 1.54) is 10.4 Å². The molecule has 0 saturated carbocycles. The van der Waals surface area contributed by atoms with E-state index in [-0.39, 0.29) is 5.04 Å². The van der Waals surface area contributed by atoms with Crippen molar-refractivity contribution in [3.63, 3.8) is 0 Å². The maximum absolute atomic E-state index is 10.1. The van der Waals surface area contributed by atoms with E-state index < -0.39 is 14.4 Å². The van der Waals surface area contributed by atoms with Gasteiger partial charge >= 0.3 is 0 Å². The highest BCUT2D eigenvalue weighted by Gasteiger charge is 2.49. The summed E-state index contributed by atoms with van der Waals surface area (Å²) in [5.74, 6) is 0. The van der Waals surface area contributed by atoms with Crippen LogP contribution in [-0.2, 0) is 4.43 Å². The minimum atomic E-state index is -2.48. The van der Waals surface area contributed by atoms with Gasteiger partial charge in [-0.25, -0.2) is 0 Å². The van der Waals surface area contributed by atoms with Gasteiger partial charge < -0.3 is 9.53 Å². The van der Waals surface area contributed by atoms with E-state index >= 15 is 0 Å². The van der Waals surface area contributed by atoms with Crippen LogP contribution in [0.5, 0.6) is 0 Å². The summed E-state index contributed by atoms with van der Waals surface area (Å²) < 4.78 is 6.73. The predicted octanol–water partition coefficient (Wildman–Crippen LogP) is 3.89. The van der Waals surface area contributed by atoms with Crippen LogP contribution in [0.1, 0.15) is 33.6 Å². The van der Waals surface area contributed by atoms with Crippen LogP contribution >= 0.6 is 0 Å². The van der Waals surface area contributed by atoms with Gasteiger partial charge in [-0.05, 0) is 28.3 Å². The molecule has 25 heavy (non-hydrogen) atoms. The highest BCUT2D eigenvalue weighted by Crippen LogP contribution is 2.36. The molecule has 3 heteroatoms. The molecule has 2 rings (SSSR count). The van der Waals surface area contributed by atoms with E-state index in [1.807, 2.05) is 12.1 Å². The van der Waals surface area contributed by atoms with Crippen LogP contribution in [0.2, 0.25) is 5.04 Å². The molecular weight excluding hydrogens is 324 g/mol. The molecule has 0 unspecified atom stereocenters. The summed E-state index contributed by atoms with van der Waals surface area (Å²) in [7, 11) is -2.48. The van der Waals surface area contributed by atoms with Crippen molar-refractivity contribution in [3.05, 3.63) is 73.3 Å². The van der Waals surface area contributed by atoms with Crippen molar-refractivity contribution >= 4 is 18.7 Å². The van der Waals surface area contributed by atoms with Crippen LogP contribution in [-0.4, -0.2) is 26.1 Å². The van der Waals surface area contributed by atoms with Gasteiger partial charge in [-0.15, -0.1) is 6.58 Å². The Balaban J connectivity index is 2.44. The van der Waals surface area contributed by atoms with Crippen molar-refractivity contribution in [1.29, 1.82) is 0 Å². The number of aliphatic hydroxyl groups excluding tert-OH is 1. The second-order valence-corrected chi connectivity index (χ2v) is 11.8. The molecule has 2 aromatic carbocycles. The maximum atomic E-state index is 10.1. The van der Waals surface area contributed by atoms with Gasteiger partial charge in [0.2, 0.25) is 0 Å². The van der Waals surface area contributed by atoms with Gasteiger partial charge in [0, 0.05) is 6.61 Å². The third-order valence-electron chi connectivity index (χ3n) is 4.63. The highest BCUT2D eigenvalue weighted by molar-refractivity contribution is 6.99. The van der Waals surface area contributed by atoms with Crippen LogP contribution in [0.4, 0.5) is 0 Å². The van der Waals surface area contributed by atoms with E-state index in [0.29, 0.717) is 19.4 Å². The average Bonchev–Trinajstić information content (AvgIpc) is 2.59. The zero-order valence-corrected chi connectivity index (χ0v) is 16.6. The predicted molar refractivity (Wildman–Crippen MR) is 109 cm³/mol. The maximum Gasteiger partial charge on any atom is 0.261 e. The normalized spacial score (nSPS) is 13.4. The summed E-state index contributed by atoms with van der Waals surface area (Å²) in [6.45, 7) is 11.0. The van der Waals surface area contributed by atoms with Crippen molar-refractivity contribution in [2.45, 2.75) is 44.8 Å². The molecule has 0 aliphatic heterocycles. The fourth-order valence-corrected chi connectivity index (χ4v) is 8.00. The van der Waals surface area contributed by atoms with Gasteiger partial charge in [0.1, 0.15) is 0 Å². The standard InChI is InChI=1S/C22H30O2Si/c1-5-12-19(23)17-18-24-25(22(2,3)4,20-13-8-6-9-14-20)21-15-10-7-11-16-21/h5-11,13-16,19,23H,1,12,17-18H2,2-4H3/t19-/m1/s1. The number of aliphatic hydroxyl groups is 1. The van der Waals surface area contributed by atoms with E-state index in [4.69, 9.17) is 4.43 Å². The lowest BCUT2D eigenvalue weighted by molar-refractivity contribution is 0.139. The number of rotatable bonds is 8. The first-order chi connectivity index (χ1) is 11.9. The Morgan fingerprint density at radius 1 is 1.00 bits per heavy atom. The summed E-state index contributed by atoms with van der Waals surface area (Å²) in [5.41, 5.74) is 0. The van der Waals surface area contributed by atoms with Crippen LogP contribution in [0.15, 0.2) is 73.3 Å². The molecule has 0 aromatic heterocycles. The van der Waals surface area contributed by atoms with E-state index in [2.05, 4.69) is 75.9 Å². The van der Waals surface area contributed by atoms with Gasteiger partial charge in [-0.1, -0.05) is 87.5 Å². The molecule has 0 saturated heterocycles. The molecule has 0 radical (unpaired) electrons. The molecule has 1 N–H and O–H groups in total. The SMILES string of the molecule is C=CC[C@@H](O)CCO[Si](c1ccccc1)(c1ccccc1)C(C)(C)C. The average molecular weight is 355 g/mol. The molecule has 0 heterocycles. The summed E-state index contributed by atoms with van der Waals surface area (Å²) in [6.07, 6.45) is 2.59. The molecule has 0 fully saturated rings. The van der Waals surface area contributed by atoms with Crippen LogP contribution < -0.4 is 10.4 Å². The summed E-state index contributed by atoms with van der Waals surface area (Å²) in [5, 5.41) is 12.6. The van der Waals surface area contributed by atoms with Crippen LogP contribution in [0.3, 0.4) is 0 Å². The first kappa shape index (κ1) is 19.6. The highest BCUT2D eigenvalue weighted by atomic mass is 28.4. The Labute approximate surface area is 153 Å². The van der Waals surface area contributed by atoms with Gasteiger partial charge in [0.25, 0.3) is 8.32 Å². The second kappa shape index (κ2) is 8.61. The molecule has 134 valence electrons. The zero-order valence-electron chi connectivity index (χ0n) is 15.6.